The van der Waals surface area contributed by atoms with E-state index in [1.807, 2.05) is 59.4 Å². The van der Waals surface area contributed by atoms with Crippen LogP contribution in [-0.2, 0) is 0 Å². The zero-order valence-corrected chi connectivity index (χ0v) is 12.8. The second-order valence-electron chi connectivity index (χ2n) is 4.79. The standard InChI is InChI=1S/C10H7N3S.C6H5N3/c1-2-4-8-7(3-1)12-10(13-8)9-5-14-6-11-9;1-2-4-6-5(3-1)7-9-8-6/h1-6H,(H,12,13);1-4H,(H,7,8,9). The maximum absolute atomic E-state index is 4.44. The number of H-pyrrole nitrogens is 2. The van der Waals surface area contributed by atoms with Crippen LogP contribution in [0.1, 0.15) is 0 Å². The Bertz CT molecular complexity index is 968. The molecule has 3 aromatic heterocycles. The lowest BCUT2D eigenvalue weighted by atomic mass is 10.3. The molecule has 0 amide bonds. The Labute approximate surface area is 135 Å². The van der Waals surface area contributed by atoms with Crippen molar-refractivity contribution in [1.82, 2.24) is 30.4 Å². The molecule has 5 rings (SSSR count). The average molecular weight is 320 g/mol. The molecule has 5 aromatic rings. The van der Waals surface area contributed by atoms with Gasteiger partial charge in [-0.1, -0.05) is 24.3 Å². The molecule has 0 saturated carbocycles. The van der Waals surface area contributed by atoms with Crippen LogP contribution in [0.4, 0.5) is 0 Å². The Kier molecular flexibility index (Phi) is 3.53. The zero-order valence-electron chi connectivity index (χ0n) is 12.0. The van der Waals surface area contributed by atoms with Crippen LogP contribution < -0.4 is 0 Å². The largest absolute Gasteiger partial charge is 0.337 e. The summed E-state index contributed by atoms with van der Waals surface area (Å²) in [5.41, 5.74) is 6.58. The first-order chi connectivity index (χ1) is 11.4. The molecule has 0 unspecified atom stereocenters. The summed E-state index contributed by atoms with van der Waals surface area (Å²) in [5.74, 6) is 0.840. The van der Waals surface area contributed by atoms with Crippen molar-refractivity contribution >= 4 is 33.4 Å². The monoisotopic (exact) mass is 320 g/mol. The third kappa shape index (κ3) is 2.82. The smallest absolute Gasteiger partial charge is 0.158 e. The molecule has 3 heterocycles. The average Bonchev–Trinajstić information content (AvgIpc) is 3.33. The zero-order chi connectivity index (χ0) is 15.5. The maximum Gasteiger partial charge on any atom is 0.158 e. The van der Waals surface area contributed by atoms with Gasteiger partial charge < -0.3 is 4.98 Å². The van der Waals surface area contributed by atoms with Crippen LogP contribution >= 0.6 is 11.3 Å². The number of fused-ring (bicyclic) bond motifs is 2. The van der Waals surface area contributed by atoms with Gasteiger partial charge in [0.15, 0.2) is 5.82 Å². The molecule has 0 aliphatic carbocycles. The van der Waals surface area contributed by atoms with Crippen LogP contribution in [0.25, 0.3) is 33.6 Å². The van der Waals surface area contributed by atoms with E-state index in [0.29, 0.717) is 0 Å². The molecule has 0 fully saturated rings. The van der Waals surface area contributed by atoms with Crippen molar-refractivity contribution < 1.29 is 0 Å². The minimum Gasteiger partial charge on any atom is -0.337 e. The fraction of sp³-hybridized carbons (Fsp3) is 0. The molecular formula is C16H12N6S. The molecule has 0 aliphatic heterocycles. The van der Waals surface area contributed by atoms with E-state index in [9.17, 15) is 0 Å². The van der Waals surface area contributed by atoms with Gasteiger partial charge in [0.2, 0.25) is 0 Å². The van der Waals surface area contributed by atoms with Crippen molar-refractivity contribution in [3.05, 3.63) is 59.4 Å². The summed E-state index contributed by atoms with van der Waals surface area (Å²) in [6, 6.07) is 15.7. The number of benzene rings is 2. The van der Waals surface area contributed by atoms with Gasteiger partial charge in [-0.05, 0) is 24.3 Å². The van der Waals surface area contributed by atoms with Crippen LogP contribution in [0.5, 0.6) is 0 Å². The maximum atomic E-state index is 4.44. The lowest BCUT2D eigenvalue weighted by Gasteiger charge is -1.84. The quantitative estimate of drug-likeness (QED) is 0.494. The molecule has 112 valence electrons. The highest BCUT2D eigenvalue weighted by Gasteiger charge is 2.05. The number of rotatable bonds is 1. The fourth-order valence-corrected chi connectivity index (χ4v) is 2.73. The first-order valence-electron chi connectivity index (χ1n) is 6.99. The highest BCUT2D eigenvalue weighted by molar-refractivity contribution is 7.07. The topological polar surface area (TPSA) is 83.1 Å². The molecule has 0 saturated heterocycles. The van der Waals surface area contributed by atoms with E-state index < -0.39 is 0 Å². The van der Waals surface area contributed by atoms with Gasteiger partial charge in [-0.15, -0.1) is 11.3 Å². The van der Waals surface area contributed by atoms with Crippen molar-refractivity contribution in [2.75, 3.05) is 0 Å². The highest BCUT2D eigenvalue weighted by atomic mass is 32.1. The van der Waals surface area contributed by atoms with Gasteiger partial charge in [0.25, 0.3) is 0 Å². The number of thiazole rings is 1. The van der Waals surface area contributed by atoms with E-state index in [0.717, 1.165) is 33.6 Å². The van der Waals surface area contributed by atoms with Crippen molar-refractivity contribution in [2.24, 2.45) is 0 Å². The molecule has 6 nitrogen and oxygen atoms in total. The van der Waals surface area contributed by atoms with Crippen LogP contribution in [0.2, 0.25) is 0 Å². The number of hydrogen-bond donors (Lipinski definition) is 2. The van der Waals surface area contributed by atoms with Gasteiger partial charge in [-0.3, -0.25) is 0 Å². The van der Waals surface area contributed by atoms with E-state index in [1.165, 1.54) is 0 Å². The number of nitrogens with zero attached hydrogens (tertiary/aromatic N) is 4. The van der Waals surface area contributed by atoms with Crippen molar-refractivity contribution in [1.29, 1.82) is 0 Å². The van der Waals surface area contributed by atoms with E-state index in [4.69, 9.17) is 0 Å². The normalized spacial score (nSPS) is 10.6. The number of hydrogen-bond acceptors (Lipinski definition) is 5. The van der Waals surface area contributed by atoms with Gasteiger partial charge in [0.05, 0.1) is 16.5 Å². The van der Waals surface area contributed by atoms with Crippen LogP contribution in [0, 0.1) is 0 Å². The summed E-state index contributed by atoms with van der Waals surface area (Å²) in [6.45, 7) is 0. The Morgan fingerprint density at radius 2 is 1.52 bits per heavy atom. The summed E-state index contributed by atoms with van der Waals surface area (Å²) >= 11 is 1.57. The summed E-state index contributed by atoms with van der Waals surface area (Å²) in [7, 11) is 0. The SMILES string of the molecule is c1ccc2[nH]c(-c3cscn3)nc2c1.c1ccc2n[nH]nc2c1. The van der Waals surface area contributed by atoms with E-state index in [2.05, 4.69) is 30.4 Å². The summed E-state index contributed by atoms with van der Waals surface area (Å²) in [6.07, 6.45) is 0. The first kappa shape index (κ1) is 13.6. The summed E-state index contributed by atoms with van der Waals surface area (Å²) in [5, 5.41) is 12.3. The van der Waals surface area contributed by atoms with E-state index in [1.54, 1.807) is 11.3 Å². The predicted octanol–water partition coefficient (Wildman–Crippen LogP) is 3.64. The Morgan fingerprint density at radius 1 is 0.826 bits per heavy atom. The minimum absolute atomic E-state index is 0.840. The molecule has 0 aliphatic rings. The van der Waals surface area contributed by atoms with Gasteiger partial charge >= 0.3 is 0 Å². The molecule has 2 N–H and O–H groups in total. The third-order valence-electron chi connectivity index (χ3n) is 3.29. The molecule has 0 atom stereocenters. The van der Waals surface area contributed by atoms with Crippen LogP contribution in [0.15, 0.2) is 59.4 Å². The summed E-state index contributed by atoms with van der Waals surface area (Å²) in [4.78, 5) is 11.9. The Balaban J connectivity index is 0.000000130. The lowest BCUT2D eigenvalue weighted by Crippen LogP contribution is -1.77. The number of aromatic nitrogens is 6. The molecule has 23 heavy (non-hydrogen) atoms. The van der Waals surface area contributed by atoms with E-state index in [-0.39, 0.29) is 0 Å². The Morgan fingerprint density at radius 3 is 2.17 bits per heavy atom. The molecule has 7 heteroatoms. The number of aromatic amines is 2. The molecule has 2 aromatic carbocycles. The van der Waals surface area contributed by atoms with Crippen molar-refractivity contribution in [3.63, 3.8) is 0 Å². The predicted molar refractivity (Wildman–Crippen MR) is 91.1 cm³/mol. The number of para-hydroxylation sites is 4. The number of nitrogens with one attached hydrogen (secondary N) is 2. The lowest BCUT2D eigenvalue weighted by molar-refractivity contribution is 0.959. The van der Waals surface area contributed by atoms with Crippen molar-refractivity contribution in [2.45, 2.75) is 0 Å². The van der Waals surface area contributed by atoms with Crippen LogP contribution in [-0.4, -0.2) is 30.4 Å². The van der Waals surface area contributed by atoms with Crippen molar-refractivity contribution in [3.8, 4) is 11.5 Å². The molecule has 0 radical (unpaired) electrons. The van der Waals surface area contributed by atoms with Gasteiger partial charge in [0, 0.05) is 5.38 Å². The first-order valence-corrected chi connectivity index (χ1v) is 7.93. The third-order valence-corrected chi connectivity index (χ3v) is 3.87. The van der Waals surface area contributed by atoms with E-state index >= 15 is 0 Å². The van der Waals surface area contributed by atoms with Gasteiger partial charge in [-0.2, -0.15) is 15.4 Å². The minimum atomic E-state index is 0.840. The second kappa shape index (κ2) is 5.98. The van der Waals surface area contributed by atoms with Gasteiger partial charge in [0.1, 0.15) is 16.7 Å². The fourth-order valence-electron chi connectivity index (χ4n) is 2.19. The molecular weight excluding hydrogens is 308 g/mol. The van der Waals surface area contributed by atoms with Crippen LogP contribution in [0.3, 0.4) is 0 Å². The Hall–Kier alpha value is -3.06. The second-order valence-corrected chi connectivity index (χ2v) is 5.51. The summed E-state index contributed by atoms with van der Waals surface area (Å²) < 4.78 is 0. The van der Waals surface area contributed by atoms with Gasteiger partial charge in [-0.25, -0.2) is 9.97 Å². The number of imidazole rings is 1. The highest BCUT2D eigenvalue weighted by Crippen LogP contribution is 2.19. The molecule has 0 spiro atoms. The molecule has 0 bridgehead atoms.